The molecule has 1 aliphatic heterocycles. The van der Waals surface area contributed by atoms with E-state index in [2.05, 4.69) is 9.88 Å². The van der Waals surface area contributed by atoms with Crippen molar-refractivity contribution < 1.29 is 0 Å². The van der Waals surface area contributed by atoms with E-state index < -0.39 is 0 Å². The summed E-state index contributed by atoms with van der Waals surface area (Å²) in [5, 5.41) is 0.643. The van der Waals surface area contributed by atoms with Crippen molar-refractivity contribution in [2.75, 3.05) is 19.6 Å². The number of aromatic nitrogens is 4. The van der Waals surface area contributed by atoms with E-state index >= 15 is 0 Å². The molecule has 0 atom stereocenters. The zero-order chi connectivity index (χ0) is 23.5. The Labute approximate surface area is 198 Å². The lowest BCUT2D eigenvalue weighted by Gasteiger charge is -2.32. The molecule has 0 saturated carbocycles. The van der Waals surface area contributed by atoms with Crippen LogP contribution in [0.15, 0.2) is 52.1 Å². The quantitative estimate of drug-likeness (QED) is 0.471. The van der Waals surface area contributed by atoms with Crippen molar-refractivity contribution >= 4 is 33.7 Å². The standard InChI is InChI=1S/C23H26ClN5O2.C2H6/c1-26-21-15-16(24)7-8-20(21)29(23(26)31)17-9-13-27(14-10-17)11-4-12-28-19-6-3-2-5-18(19)25-22(28)30;1-2/h2-3,5-8,15,17H,4,9-14H2,1H3,(H,25,30);1-2H3. The molecule has 5 rings (SSSR count). The first-order valence-corrected chi connectivity index (χ1v) is 12.2. The van der Waals surface area contributed by atoms with Gasteiger partial charge in [0.1, 0.15) is 0 Å². The van der Waals surface area contributed by atoms with Gasteiger partial charge in [-0.25, -0.2) is 9.59 Å². The van der Waals surface area contributed by atoms with Crippen molar-refractivity contribution in [1.82, 2.24) is 23.6 Å². The lowest BCUT2D eigenvalue weighted by Crippen LogP contribution is -2.38. The second kappa shape index (κ2) is 10.0. The van der Waals surface area contributed by atoms with E-state index in [1.807, 2.05) is 65.4 Å². The molecule has 8 heteroatoms. The number of benzene rings is 2. The Morgan fingerprint density at radius 2 is 1.70 bits per heavy atom. The van der Waals surface area contributed by atoms with Crippen LogP contribution in [-0.2, 0) is 13.6 Å². The van der Waals surface area contributed by atoms with Gasteiger partial charge in [-0.2, -0.15) is 0 Å². The van der Waals surface area contributed by atoms with Crippen LogP contribution in [0.3, 0.4) is 0 Å². The van der Waals surface area contributed by atoms with Crippen LogP contribution in [0.5, 0.6) is 0 Å². The Balaban J connectivity index is 0.00000126. The SMILES string of the molecule is CC.Cn1c(=O)n(C2CCN(CCCn3c(=O)[nH]c4ccccc43)CC2)c2ccc(Cl)cc21. The van der Waals surface area contributed by atoms with Gasteiger partial charge in [0.25, 0.3) is 0 Å². The maximum atomic E-state index is 12.9. The molecular formula is C25H32ClN5O2. The van der Waals surface area contributed by atoms with Gasteiger partial charge in [0.2, 0.25) is 0 Å². The number of aryl methyl sites for hydroxylation is 2. The number of aromatic amines is 1. The van der Waals surface area contributed by atoms with Gasteiger partial charge in [-0.1, -0.05) is 37.6 Å². The summed E-state index contributed by atoms with van der Waals surface area (Å²) in [5.41, 5.74) is 3.65. The van der Waals surface area contributed by atoms with Crippen LogP contribution in [0.4, 0.5) is 0 Å². The number of para-hydroxylation sites is 2. The Morgan fingerprint density at radius 1 is 0.970 bits per heavy atom. The van der Waals surface area contributed by atoms with Crippen LogP contribution >= 0.6 is 11.6 Å². The minimum absolute atomic E-state index is 0.0226. The molecule has 1 fully saturated rings. The van der Waals surface area contributed by atoms with Crippen molar-refractivity contribution in [1.29, 1.82) is 0 Å². The van der Waals surface area contributed by atoms with E-state index in [0.29, 0.717) is 11.6 Å². The maximum Gasteiger partial charge on any atom is 0.329 e. The summed E-state index contributed by atoms with van der Waals surface area (Å²) >= 11 is 6.13. The van der Waals surface area contributed by atoms with Gasteiger partial charge < -0.3 is 9.88 Å². The van der Waals surface area contributed by atoms with E-state index in [1.165, 1.54) is 0 Å². The molecule has 33 heavy (non-hydrogen) atoms. The van der Waals surface area contributed by atoms with E-state index in [4.69, 9.17) is 11.6 Å². The molecule has 176 valence electrons. The number of rotatable bonds is 5. The van der Waals surface area contributed by atoms with E-state index in [-0.39, 0.29) is 17.4 Å². The second-order valence-electron chi connectivity index (χ2n) is 8.37. The zero-order valence-corrected chi connectivity index (χ0v) is 20.3. The molecule has 2 aromatic carbocycles. The predicted octanol–water partition coefficient (Wildman–Crippen LogP) is 4.39. The third-order valence-corrected chi connectivity index (χ3v) is 6.75. The Morgan fingerprint density at radius 3 is 2.45 bits per heavy atom. The van der Waals surface area contributed by atoms with Crippen LogP contribution < -0.4 is 11.4 Å². The third-order valence-electron chi connectivity index (χ3n) is 6.51. The minimum atomic E-state index is -0.0460. The number of nitrogens with zero attached hydrogens (tertiary/aromatic N) is 4. The molecule has 2 aromatic heterocycles. The minimum Gasteiger partial charge on any atom is -0.306 e. The van der Waals surface area contributed by atoms with Gasteiger partial charge in [-0.05, 0) is 56.1 Å². The van der Waals surface area contributed by atoms with Gasteiger partial charge in [-0.15, -0.1) is 0 Å². The lowest BCUT2D eigenvalue weighted by atomic mass is 10.0. The molecule has 0 radical (unpaired) electrons. The molecule has 4 aromatic rings. The predicted molar refractivity (Wildman–Crippen MR) is 135 cm³/mol. The van der Waals surface area contributed by atoms with Crippen LogP contribution in [-0.4, -0.2) is 43.2 Å². The molecule has 1 N–H and O–H groups in total. The molecule has 0 aliphatic carbocycles. The van der Waals surface area contributed by atoms with Gasteiger partial charge >= 0.3 is 11.4 Å². The highest BCUT2D eigenvalue weighted by Crippen LogP contribution is 2.27. The number of halogens is 1. The van der Waals surface area contributed by atoms with Crippen molar-refractivity contribution in [2.45, 2.75) is 45.7 Å². The lowest BCUT2D eigenvalue weighted by molar-refractivity contribution is 0.182. The van der Waals surface area contributed by atoms with Crippen LogP contribution in [0, 0.1) is 0 Å². The van der Waals surface area contributed by atoms with E-state index in [9.17, 15) is 9.59 Å². The summed E-state index contributed by atoms with van der Waals surface area (Å²) in [4.78, 5) is 30.4. The number of piperidine rings is 1. The molecule has 0 amide bonds. The molecule has 1 saturated heterocycles. The number of H-pyrrole nitrogens is 1. The van der Waals surface area contributed by atoms with Crippen LogP contribution in [0.2, 0.25) is 5.02 Å². The van der Waals surface area contributed by atoms with Crippen LogP contribution in [0.1, 0.15) is 39.2 Å². The van der Waals surface area contributed by atoms with Crippen molar-refractivity contribution in [3.8, 4) is 0 Å². The normalized spacial score (nSPS) is 15.2. The maximum absolute atomic E-state index is 12.9. The monoisotopic (exact) mass is 469 g/mol. The summed E-state index contributed by atoms with van der Waals surface area (Å²) in [6.07, 6.45) is 2.79. The Hall–Kier alpha value is -2.77. The molecule has 0 bridgehead atoms. The summed E-state index contributed by atoms with van der Waals surface area (Å²) in [7, 11) is 1.80. The largest absolute Gasteiger partial charge is 0.329 e. The summed E-state index contributed by atoms with van der Waals surface area (Å²) in [5.74, 6) is 0. The first-order valence-electron chi connectivity index (χ1n) is 11.8. The topological polar surface area (TPSA) is 68.0 Å². The van der Waals surface area contributed by atoms with Crippen molar-refractivity contribution in [3.63, 3.8) is 0 Å². The van der Waals surface area contributed by atoms with E-state index in [0.717, 1.165) is 61.0 Å². The smallest absolute Gasteiger partial charge is 0.306 e. The van der Waals surface area contributed by atoms with Gasteiger partial charge in [0.15, 0.2) is 0 Å². The summed E-state index contributed by atoms with van der Waals surface area (Å²) < 4.78 is 5.45. The van der Waals surface area contributed by atoms with Crippen LogP contribution in [0.25, 0.3) is 22.1 Å². The highest BCUT2D eigenvalue weighted by Gasteiger charge is 2.24. The first-order chi connectivity index (χ1) is 16.0. The third kappa shape index (κ3) is 4.52. The highest BCUT2D eigenvalue weighted by molar-refractivity contribution is 6.31. The fourth-order valence-electron chi connectivity index (χ4n) is 4.87. The number of fused-ring (bicyclic) bond motifs is 2. The fourth-order valence-corrected chi connectivity index (χ4v) is 5.04. The summed E-state index contributed by atoms with van der Waals surface area (Å²) in [6.45, 7) is 7.54. The molecule has 0 unspecified atom stereocenters. The first kappa shape index (κ1) is 23.4. The number of imidazole rings is 2. The molecule has 3 heterocycles. The van der Waals surface area contributed by atoms with Gasteiger partial charge in [-0.3, -0.25) is 13.7 Å². The number of likely N-dealkylation sites (tertiary alicyclic amines) is 1. The van der Waals surface area contributed by atoms with E-state index in [1.54, 1.807) is 11.6 Å². The number of hydrogen-bond acceptors (Lipinski definition) is 3. The highest BCUT2D eigenvalue weighted by atomic mass is 35.5. The molecule has 7 nitrogen and oxygen atoms in total. The number of nitrogens with one attached hydrogen (secondary N) is 1. The molecule has 1 aliphatic rings. The molecular weight excluding hydrogens is 438 g/mol. The number of hydrogen-bond donors (Lipinski definition) is 1. The fraction of sp³-hybridized carbons (Fsp3) is 0.440. The average molecular weight is 470 g/mol. The zero-order valence-electron chi connectivity index (χ0n) is 19.6. The Bertz CT molecular complexity index is 1350. The summed E-state index contributed by atoms with van der Waals surface area (Å²) in [6, 6.07) is 13.7. The van der Waals surface area contributed by atoms with Gasteiger partial charge in [0.05, 0.1) is 22.1 Å². The second-order valence-corrected chi connectivity index (χ2v) is 8.81. The Kier molecular flexibility index (Phi) is 7.10. The molecule has 0 spiro atoms. The average Bonchev–Trinajstić information content (AvgIpc) is 3.29. The van der Waals surface area contributed by atoms with Crippen molar-refractivity contribution in [3.05, 3.63) is 68.5 Å². The van der Waals surface area contributed by atoms with Gasteiger partial charge in [0, 0.05) is 37.7 Å². The van der Waals surface area contributed by atoms with Crippen molar-refractivity contribution in [2.24, 2.45) is 7.05 Å².